The van der Waals surface area contributed by atoms with Gasteiger partial charge >= 0.3 is 0 Å². The second-order valence-electron chi connectivity index (χ2n) is 6.16. The molecule has 3 heterocycles. The fourth-order valence-corrected chi connectivity index (χ4v) is 3.56. The lowest BCUT2D eigenvalue weighted by molar-refractivity contribution is 0.0238. The first-order chi connectivity index (χ1) is 11.1. The van der Waals surface area contributed by atoms with Crippen molar-refractivity contribution in [1.29, 1.82) is 0 Å². The molecule has 0 atom stereocenters. The van der Waals surface area contributed by atoms with Crippen LogP contribution in [0.1, 0.15) is 43.1 Å². The third-order valence-corrected chi connectivity index (χ3v) is 5.02. The molecule has 1 aromatic rings. The number of ether oxygens (including phenoxy) is 2. The normalized spacial score (nSPS) is 19.3. The summed E-state index contributed by atoms with van der Waals surface area (Å²) in [5, 5.41) is 3.09. The van der Waals surface area contributed by atoms with Crippen molar-refractivity contribution in [2.45, 2.75) is 44.7 Å². The number of hydrogen-bond acceptors (Lipinski definition) is 4. The molecule has 7 heteroatoms. The van der Waals surface area contributed by atoms with E-state index >= 15 is 0 Å². The number of carbonyl (C=O) groups excluding carboxylic acids is 1. The molecule has 0 bridgehead atoms. The number of hydrogen-bond donors (Lipinski definition) is 1. The maximum absolute atomic E-state index is 12.7. The maximum atomic E-state index is 12.7. The van der Waals surface area contributed by atoms with E-state index in [1.165, 1.54) is 0 Å². The molecule has 0 aliphatic carbocycles. The first-order valence-corrected chi connectivity index (χ1v) is 8.81. The van der Waals surface area contributed by atoms with Gasteiger partial charge in [-0.15, -0.1) is 0 Å². The highest BCUT2D eigenvalue weighted by Gasteiger charge is 2.41. The summed E-state index contributed by atoms with van der Waals surface area (Å²) in [6.45, 7) is 4.38. The van der Waals surface area contributed by atoms with Crippen molar-refractivity contribution in [2.24, 2.45) is 0 Å². The largest absolute Gasteiger partial charge is 0.487 e. The second kappa shape index (κ2) is 6.65. The van der Waals surface area contributed by atoms with E-state index in [4.69, 9.17) is 9.47 Å². The number of nitrogens with one attached hydrogen (secondary N) is 1. The summed E-state index contributed by atoms with van der Waals surface area (Å²) in [5.74, 6) is -0.0958. The van der Waals surface area contributed by atoms with Gasteiger partial charge in [0.15, 0.2) is 11.4 Å². The molecule has 2 aliphatic heterocycles. The Hall–Kier alpha value is -1.34. The van der Waals surface area contributed by atoms with Crippen LogP contribution in [0.3, 0.4) is 0 Å². The van der Waals surface area contributed by atoms with Gasteiger partial charge in [0.2, 0.25) is 5.43 Å². The Morgan fingerprint density at radius 1 is 1.39 bits per heavy atom. The number of pyridine rings is 1. The van der Waals surface area contributed by atoms with Gasteiger partial charge in [0, 0.05) is 26.0 Å². The quantitative estimate of drug-likeness (QED) is 0.806. The van der Waals surface area contributed by atoms with Gasteiger partial charge in [-0.25, -0.2) is 0 Å². The van der Waals surface area contributed by atoms with Crippen LogP contribution in [0.2, 0.25) is 0 Å². The Labute approximate surface area is 143 Å². The number of nitrogens with zero attached hydrogens (tertiary/aromatic N) is 1. The lowest BCUT2D eigenvalue weighted by atomic mass is 9.87. The van der Waals surface area contributed by atoms with Crippen LogP contribution in [0, 0.1) is 0 Å². The van der Waals surface area contributed by atoms with Crippen LogP contribution in [0.25, 0.3) is 0 Å². The van der Waals surface area contributed by atoms with E-state index in [9.17, 15) is 9.59 Å². The molecule has 0 radical (unpaired) electrons. The number of amides is 1. The molecule has 23 heavy (non-hydrogen) atoms. The van der Waals surface area contributed by atoms with E-state index in [0.717, 1.165) is 25.7 Å². The standard InChI is InChI=1S/C16H21BrN2O4/c1-2-3-6-23-14-12-15(21)18-16(4-7-22-8-5-16)10-19(12)9-11(17)13(14)20/h9H,2-8,10H2,1H3,(H,18,21). The Kier molecular flexibility index (Phi) is 4.77. The highest BCUT2D eigenvalue weighted by Crippen LogP contribution is 2.30. The molecule has 6 nitrogen and oxygen atoms in total. The first-order valence-electron chi connectivity index (χ1n) is 8.02. The lowest BCUT2D eigenvalue weighted by Crippen LogP contribution is -2.58. The minimum atomic E-state index is -0.294. The van der Waals surface area contributed by atoms with Crippen LogP contribution >= 0.6 is 15.9 Å². The molecule has 1 N–H and O–H groups in total. The Balaban J connectivity index is 1.99. The van der Waals surface area contributed by atoms with Gasteiger partial charge in [-0.1, -0.05) is 13.3 Å². The van der Waals surface area contributed by atoms with Gasteiger partial charge in [-0.05, 0) is 35.2 Å². The Bertz CT molecular complexity index is 665. The van der Waals surface area contributed by atoms with E-state index in [-0.39, 0.29) is 22.6 Å². The van der Waals surface area contributed by atoms with Crippen molar-refractivity contribution < 1.29 is 14.3 Å². The topological polar surface area (TPSA) is 69.6 Å². The van der Waals surface area contributed by atoms with Gasteiger partial charge < -0.3 is 19.4 Å². The highest BCUT2D eigenvalue weighted by molar-refractivity contribution is 9.10. The van der Waals surface area contributed by atoms with Gasteiger partial charge in [-0.3, -0.25) is 9.59 Å². The number of aromatic nitrogens is 1. The summed E-state index contributed by atoms with van der Waals surface area (Å²) >= 11 is 3.30. The molecule has 1 amide bonds. The Morgan fingerprint density at radius 2 is 2.13 bits per heavy atom. The van der Waals surface area contributed by atoms with Crippen molar-refractivity contribution in [3.63, 3.8) is 0 Å². The SMILES string of the molecule is CCCCOc1c2n(cc(Br)c1=O)CC1(CCOCC1)NC2=O. The van der Waals surface area contributed by atoms with Gasteiger partial charge in [-0.2, -0.15) is 0 Å². The van der Waals surface area contributed by atoms with Crippen LogP contribution in [0.5, 0.6) is 5.75 Å². The van der Waals surface area contributed by atoms with Crippen molar-refractivity contribution in [3.8, 4) is 5.75 Å². The number of fused-ring (bicyclic) bond motifs is 1. The van der Waals surface area contributed by atoms with E-state index in [0.29, 0.717) is 36.5 Å². The van der Waals surface area contributed by atoms with Crippen molar-refractivity contribution >= 4 is 21.8 Å². The van der Waals surface area contributed by atoms with E-state index in [1.54, 1.807) is 6.20 Å². The van der Waals surface area contributed by atoms with Gasteiger partial charge in [0.05, 0.1) is 16.6 Å². The van der Waals surface area contributed by atoms with Gasteiger partial charge in [0.1, 0.15) is 0 Å². The summed E-state index contributed by atoms with van der Waals surface area (Å²) in [5.41, 5.74) is -0.241. The van der Waals surface area contributed by atoms with Gasteiger partial charge in [0.25, 0.3) is 5.91 Å². The summed E-state index contributed by atoms with van der Waals surface area (Å²) in [6, 6.07) is 0. The molecule has 1 spiro atoms. The molecule has 0 unspecified atom stereocenters. The molecule has 1 saturated heterocycles. The highest BCUT2D eigenvalue weighted by atomic mass is 79.9. The van der Waals surface area contributed by atoms with Crippen LogP contribution < -0.4 is 15.5 Å². The summed E-state index contributed by atoms with van der Waals surface area (Å²) in [6.07, 6.45) is 5.04. The molecule has 2 aliphatic rings. The van der Waals surface area contributed by atoms with Crippen LogP contribution in [-0.4, -0.2) is 35.8 Å². The zero-order valence-electron chi connectivity index (χ0n) is 13.2. The molecular formula is C16H21BrN2O4. The molecular weight excluding hydrogens is 364 g/mol. The van der Waals surface area contributed by atoms with Crippen LogP contribution in [0.4, 0.5) is 0 Å². The number of carbonyl (C=O) groups is 1. The smallest absolute Gasteiger partial charge is 0.272 e. The van der Waals surface area contributed by atoms with E-state index in [1.807, 2.05) is 11.5 Å². The predicted molar refractivity (Wildman–Crippen MR) is 89.1 cm³/mol. The monoisotopic (exact) mass is 384 g/mol. The number of halogens is 1. The summed E-state index contributed by atoms with van der Waals surface area (Å²) in [4.78, 5) is 25.0. The second-order valence-corrected chi connectivity index (χ2v) is 7.01. The van der Waals surface area contributed by atoms with Crippen LogP contribution in [0.15, 0.2) is 15.5 Å². The zero-order chi connectivity index (χ0) is 16.4. The first kappa shape index (κ1) is 16.5. The zero-order valence-corrected chi connectivity index (χ0v) is 14.8. The third kappa shape index (κ3) is 3.17. The minimum Gasteiger partial charge on any atom is -0.487 e. The average Bonchev–Trinajstić information content (AvgIpc) is 2.52. The third-order valence-electron chi connectivity index (χ3n) is 4.46. The van der Waals surface area contributed by atoms with E-state index < -0.39 is 0 Å². The van der Waals surface area contributed by atoms with Crippen molar-refractivity contribution in [2.75, 3.05) is 19.8 Å². The molecule has 1 aromatic heterocycles. The molecule has 3 rings (SSSR count). The number of rotatable bonds is 4. The fraction of sp³-hybridized carbons (Fsp3) is 0.625. The number of unbranched alkanes of at least 4 members (excludes halogenated alkanes) is 1. The molecule has 0 saturated carbocycles. The fourth-order valence-electron chi connectivity index (χ4n) is 3.13. The van der Waals surface area contributed by atoms with Crippen LogP contribution in [-0.2, 0) is 11.3 Å². The average molecular weight is 385 g/mol. The lowest BCUT2D eigenvalue weighted by Gasteiger charge is -2.42. The maximum Gasteiger partial charge on any atom is 0.272 e. The Morgan fingerprint density at radius 3 is 2.83 bits per heavy atom. The predicted octanol–water partition coefficient (Wildman–Crippen LogP) is 2.08. The molecule has 126 valence electrons. The van der Waals surface area contributed by atoms with Crippen molar-refractivity contribution in [1.82, 2.24) is 9.88 Å². The van der Waals surface area contributed by atoms with E-state index in [2.05, 4.69) is 21.2 Å². The summed E-state index contributed by atoms with van der Waals surface area (Å²) < 4.78 is 13.3. The molecule has 0 aromatic carbocycles. The molecule has 1 fully saturated rings. The minimum absolute atomic E-state index is 0.146. The summed E-state index contributed by atoms with van der Waals surface area (Å²) in [7, 11) is 0. The van der Waals surface area contributed by atoms with Crippen molar-refractivity contribution in [3.05, 3.63) is 26.6 Å².